The number of rotatable bonds is 4. The highest BCUT2D eigenvalue weighted by atomic mass is 16.5. The van der Waals surface area contributed by atoms with Crippen LogP contribution in [-0.2, 0) is 18.5 Å². The number of fused-ring (bicyclic) bond motifs is 4. The lowest BCUT2D eigenvalue weighted by atomic mass is 9.77. The highest BCUT2D eigenvalue weighted by Gasteiger charge is 2.54. The number of piperidine rings is 1. The Labute approximate surface area is 225 Å². The molecule has 0 N–H and O–H groups in total. The third-order valence-electron chi connectivity index (χ3n) is 8.97. The van der Waals surface area contributed by atoms with E-state index in [1.807, 2.05) is 22.9 Å². The van der Waals surface area contributed by atoms with E-state index < -0.39 is 0 Å². The van der Waals surface area contributed by atoms with Crippen LogP contribution in [0.4, 0.5) is 4.79 Å². The number of allylic oxidation sites excluding steroid dienone is 1. The van der Waals surface area contributed by atoms with Crippen molar-refractivity contribution in [3.63, 3.8) is 0 Å². The number of benzene rings is 3. The lowest BCUT2D eigenvalue weighted by Crippen LogP contribution is -2.52. The van der Waals surface area contributed by atoms with Gasteiger partial charge >= 0.3 is 6.03 Å². The second-order valence-corrected chi connectivity index (χ2v) is 11.5. The van der Waals surface area contributed by atoms with Crippen LogP contribution in [0.3, 0.4) is 0 Å². The summed E-state index contributed by atoms with van der Waals surface area (Å²) in [5, 5.41) is 2.61. The maximum Gasteiger partial charge on any atom is 0.325 e. The Morgan fingerprint density at radius 2 is 1.68 bits per heavy atom. The minimum atomic E-state index is -0.310. The molecule has 0 aliphatic carbocycles. The van der Waals surface area contributed by atoms with Crippen LogP contribution < -0.4 is 9.47 Å². The molecule has 3 aliphatic rings. The first-order chi connectivity index (χ1) is 18.3. The molecule has 2 fully saturated rings. The number of carbonyl (C=O) groups is 1. The minimum absolute atomic E-state index is 0.0733. The number of urea groups is 1. The summed E-state index contributed by atoms with van der Waals surface area (Å²) in [5.41, 5.74) is 4.09. The summed E-state index contributed by atoms with van der Waals surface area (Å²) in [4.78, 5) is 20.3. The standard InChI is InChI=1S/C32H37N3O3/c1-31(2)19-28-32(13-15-34(16-14-32)20-23-11-8-10-22-9-6-7-12-26(22)23)33(3)30(36)35(28)21-24-17-25(37-4)18-27(38-5)29(24)31/h6-12,17-19H,13-16,20-21H2,1-5H3. The SMILES string of the molecule is COc1cc2c(c(OC)c1)C(C)(C)C=C1N(C2)C(=O)N(C)C12CCN(Cc1cccc3ccccc13)CC2. The van der Waals surface area contributed by atoms with Crippen LogP contribution in [0.25, 0.3) is 10.8 Å². The Morgan fingerprint density at radius 1 is 0.947 bits per heavy atom. The van der Waals surface area contributed by atoms with Crippen molar-refractivity contribution >= 4 is 16.8 Å². The Balaban J connectivity index is 1.32. The van der Waals surface area contributed by atoms with Crippen LogP contribution in [0, 0.1) is 0 Å². The molecule has 0 atom stereocenters. The largest absolute Gasteiger partial charge is 0.497 e. The van der Waals surface area contributed by atoms with Crippen molar-refractivity contribution in [2.75, 3.05) is 34.4 Å². The van der Waals surface area contributed by atoms with Gasteiger partial charge in [0.1, 0.15) is 11.5 Å². The second-order valence-electron chi connectivity index (χ2n) is 11.5. The van der Waals surface area contributed by atoms with E-state index in [1.54, 1.807) is 14.2 Å². The third-order valence-corrected chi connectivity index (χ3v) is 8.97. The molecule has 3 aromatic rings. The van der Waals surface area contributed by atoms with Crippen LogP contribution in [0.2, 0.25) is 0 Å². The van der Waals surface area contributed by atoms with Gasteiger partial charge in [-0.25, -0.2) is 4.79 Å². The zero-order valence-corrected chi connectivity index (χ0v) is 23.1. The number of ether oxygens (including phenoxy) is 2. The smallest absolute Gasteiger partial charge is 0.325 e. The van der Waals surface area contributed by atoms with E-state index in [-0.39, 0.29) is 17.0 Å². The summed E-state index contributed by atoms with van der Waals surface area (Å²) in [5.74, 6) is 1.55. The first-order valence-corrected chi connectivity index (χ1v) is 13.5. The van der Waals surface area contributed by atoms with E-state index in [0.717, 1.165) is 60.8 Å². The lowest BCUT2D eigenvalue weighted by Gasteiger charge is -2.44. The van der Waals surface area contributed by atoms with Gasteiger partial charge in [-0.2, -0.15) is 0 Å². The molecule has 6 nitrogen and oxygen atoms in total. The molecule has 0 radical (unpaired) electrons. The fourth-order valence-electron chi connectivity index (χ4n) is 6.96. The van der Waals surface area contributed by atoms with Crippen molar-refractivity contribution in [2.24, 2.45) is 0 Å². The molecule has 3 heterocycles. The van der Waals surface area contributed by atoms with Gasteiger partial charge in [0.15, 0.2) is 0 Å². The van der Waals surface area contributed by atoms with E-state index in [1.165, 1.54) is 16.3 Å². The number of methoxy groups -OCH3 is 2. The predicted molar refractivity (Wildman–Crippen MR) is 151 cm³/mol. The van der Waals surface area contributed by atoms with Crippen LogP contribution in [0.1, 0.15) is 43.4 Å². The minimum Gasteiger partial charge on any atom is -0.497 e. The van der Waals surface area contributed by atoms with Crippen LogP contribution in [0.5, 0.6) is 11.5 Å². The van der Waals surface area contributed by atoms with Gasteiger partial charge in [0.2, 0.25) is 0 Å². The number of hydrogen-bond donors (Lipinski definition) is 0. The first kappa shape index (κ1) is 24.8. The summed E-state index contributed by atoms with van der Waals surface area (Å²) in [6.07, 6.45) is 4.15. The first-order valence-electron chi connectivity index (χ1n) is 13.5. The van der Waals surface area contributed by atoms with Crippen molar-refractivity contribution in [1.29, 1.82) is 0 Å². The average molecular weight is 512 g/mol. The fraction of sp³-hybridized carbons (Fsp3) is 0.406. The van der Waals surface area contributed by atoms with Gasteiger partial charge < -0.3 is 14.4 Å². The molecular formula is C32H37N3O3. The maximum absolute atomic E-state index is 13.7. The van der Waals surface area contributed by atoms with Gasteiger partial charge in [-0.15, -0.1) is 0 Å². The quantitative estimate of drug-likeness (QED) is 0.435. The van der Waals surface area contributed by atoms with Gasteiger partial charge in [0.25, 0.3) is 0 Å². The summed E-state index contributed by atoms with van der Waals surface area (Å²) >= 11 is 0. The number of carbonyl (C=O) groups excluding carboxylic acids is 1. The Kier molecular flexibility index (Phi) is 5.91. The molecule has 3 aromatic carbocycles. The molecule has 0 aromatic heterocycles. The van der Waals surface area contributed by atoms with Crippen molar-refractivity contribution < 1.29 is 14.3 Å². The van der Waals surface area contributed by atoms with E-state index in [4.69, 9.17) is 9.47 Å². The normalized spacial score (nSPS) is 20.2. The number of likely N-dealkylation sites (N-methyl/N-ethyl adjacent to an activating group) is 1. The molecule has 6 rings (SSSR count). The van der Waals surface area contributed by atoms with E-state index in [9.17, 15) is 4.79 Å². The van der Waals surface area contributed by atoms with E-state index >= 15 is 0 Å². The van der Waals surface area contributed by atoms with Gasteiger partial charge in [-0.05, 0) is 40.8 Å². The molecule has 2 amide bonds. The Morgan fingerprint density at radius 3 is 2.42 bits per heavy atom. The zero-order valence-electron chi connectivity index (χ0n) is 23.1. The average Bonchev–Trinajstić information content (AvgIpc) is 3.02. The molecule has 2 saturated heterocycles. The van der Waals surface area contributed by atoms with Gasteiger partial charge in [-0.3, -0.25) is 9.80 Å². The van der Waals surface area contributed by atoms with Crippen LogP contribution in [-0.4, -0.2) is 60.6 Å². The highest BCUT2D eigenvalue weighted by molar-refractivity contribution is 5.85. The fourth-order valence-corrected chi connectivity index (χ4v) is 6.96. The van der Waals surface area contributed by atoms with Crippen molar-refractivity contribution in [1.82, 2.24) is 14.7 Å². The predicted octanol–water partition coefficient (Wildman–Crippen LogP) is 5.93. The van der Waals surface area contributed by atoms with Crippen LogP contribution in [0.15, 0.2) is 66.4 Å². The van der Waals surface area contributed by atoms with Gasteiger partial charge in [0.05, 0.1) is 26.3 Å². The summed E-state index contributed by atoms with van der Waals surface area (Å²) in [6.45, 7) is 7.77. The summed E-state index contributed by atoms with van der Waals surface area (Å²) in [6, 6.07) is 19.3. The summed E-state index contributed by atoms with van der Waals surface area (Å²) in [7, 11) is 5.36. The molecule has 0 saturated carbocycles. The molecule has 0 unspecified atom stereocenters. The molecule has 0 bridgehead atoms. The molecule has 6 heteroatoms. The topological polar surface area (TPSA) is 45.3 Å². The number of nitrogens with zero attached hydrogens (tertiary/aromatic N) is 3. The molecule has 198 valence electrons. The third kappa shape index (κ3) is 3.77. The van der Waals surface area contributed by atoms with Crippen molar-refractivity contribution in [2.45, 2.75) is 50.7 Å². The Hall–Kier alpha value is -3.51. The second kappa shape index (κ2) is 9.05. The molecule has 1 spiro atoms. The monoisotopic (exact) mass is 511 g/mol. The number of likely N-dealkylation sites (tertiary alicyclic amines) is 1. The number of hydrogen-bond acceptors (Lipinski definition) is 4. The van der Waals surface area contributed by atoms with E-state index in [0.29, 0.717) is 6.54 Å². The highest BCUT2D eigenvalue weighted by Crippen LogP contribution is 2.50. The van der Waals surface area contributed by atoms with Crippen molar-refractivity contribution in [3.8, 4) is 11.5 Å². The maximum atomic E-state index is 13.7. The Bertz CT molecular complexity index is 1430. The molecule has 38 heavy (non-hydrogen) atoms. The van der Waals surface area contributed by atoms with E-state index in [2.05, 4.69) is 73.4 Å². The number of amides is 2. The van der Waals surface area contributed by atoms with Crippen molar-refractivity contribution in [3.05, 3.63) is 83.1 Å². The molecular weight excluding hydrogens is 474 g/mol. The van der Waals surface area contributed by atoms with Gasteiger partial charge in [-0.1, -0.05) is 62.4 Å². The zero-order chi connectivity index (χ0) is 26.7. The lowest BCUT2D eigenvalue weighted by molar-refractivity contribution is 0.100. The van der Waals surface area contributed by atoms with Gasteiger partial charge in [0, 0.05) is 49.4 Å². The van der Waals surface area contributed by atoms with Crippen LogP contribution >= 0.6 is 0 Å². The molecule has 3 aliphatic heterocycles. The summed E-state index contributed by atoms with van der Waals surface area (Å²) < 4.78 is 11.4.